The number of carbonyl (C=O) groups excluding carboxylic acids is 1. The molecule has 1 aliphatic heterocycles. The number of hydrogen-bond acceptors (Lipinski definition) is 3. The van der Waals surface area contributed by atoms with Gasteiger partial charge in [0.15, 0.2) is 0 Å². The summed E-state index contributed by atoms with van der Waals surface area (Å²) in [6.45, 7) is 2.32. The van der Waals surface area contributed by atoms with Gasteiger partial charge in [-0.05, 0) is 45.8 Å². The second-order valence-electron chi connectivity index (χ2n) is 8.83. The van der Waals surface area contributed by atoms with Crippen molar-refractivity contribution in [3.63, 3.8) is 0 Å². The van der Waals surface area contributed by atoms with Gasteiger partial charge in [-0.25, -0.2) is 0 Å². The molecule has 6 rings (SSSR count). The predicted molar refractivity (Wildman–Crippen MR) is 143 cm³/mol. The lowest BCUT2D eigenvalue weighted by molar-refractivity contribution is -0.114. The van der Waals surface area contributed by atoms with Crippen molar-refractivity contribution in [1.29, 1.82) is 0 Å². The van der Waals surface area contributed by atoms with Crippen LogP contribution in [0.5, 0.6) is 0 Å². The molecular weight excluding hydrogens is 418 g/mol. The van der Waals surface area contributed by atoms with Crippen molar-refractivity contribution in [2.75, 3.05) is 28.8 Å². The highest BCUT2D eigenvalue weighted by Gasteiger charge is 2.28. The summed E-state index contributed by atoms with van der Waals surface area (Å²) in [4.78, 5) is 16.9. The van der Waals surface area contributed by atoms with Crippen LogP contribution < -0.4 is 15.1 Å². The third kappa shape index (κ3) is 3.19. The molecule has 5 aromatic rings. The molecule has 166 valence electrons. The average molecular weight is 444 g/mol. The van der Waals surface area contributed by atoms with E-state index in [1.165, 1.54) is 16.8 Å². The lowest BCUT2D eigenvalue weighted by Gasteiger charge is -2.26. The zero-order valence-corrected chi connectivity index (χ0v) is 19.2. The van der Waals surface area contributed by atoms with Crippen LogP contribution >= 0.6 is 0 Å². The van der Waals surface area contributed by atoms with E-state index in [9.17, 15) is 4.79 Å². The summed E-state index contributed by atoms with van der Waals surface area (Å²) in [6.07, 6.45) is 0. The second-order valence-corrected chi connectivity index (χ2v) is 8.83. The molecule has 1 heterocycles. The molecule has 34 heavy (non-hydrogen) atoms. The van der Waals surface area contributed by atoms with Gasteiger partial charge in [0.2, 0.25) is 5.91 Å². The van der Waals surface area contributed by atoms with Gasteiger partial charge in [0, 0.05) is 30.8 Å². The first-order valence-corrected chi connectivity index (χ1v) is 11.5. The van der Waals surface area contributed by atoms with E-state index in [4.69, 9.17) is 0 Å². The first-order chi connectivity index (χ1) is 16.6. The zero-order valence-electron chi connectivity index (χ0n) is 19.2. The number of rotatable bonds is 3. The molecule has 0 aliphatic carbocycles. The van der Waals surface area contributed by atoms with Gasteiger partial charge in [-0.3, -0.25) is 4.79 Å². The molecule has 0 saturated heterocycles. The Hall–Kier alpha value is -4.31. The fraction of sp³-hybridized carbons (Fsp3) is 0.100. The number of nitrogens with zero attached hydrogens (tertiary/aromatic N) is 2. The van der Waals surface area contributed by atoms with E-state index in [1.807, 2.05) is 6.07 Å². The van der Waals surface area contributed by atoms with Crippen LogP contribution in [0.4, 0.5) is 22.7 Å². The number of fused-ring (bicyclic) bond motifs is 3. The molecule has 0 atom stereocenters. The SMILES string of the molecule is CC(=O)Nc1ccc2ccccc2c1-c1c(N2CN(C)c3ccccc32)ccc2ccccc12. The van der Waals surface area contributed by atoms with Crippen molar-refractivity contribution in [2.45, 2.75) is 6.92 Å². The van der Waals surface area contributed by atoms with Crippen LogP contribution in [-0.2, 0) is 4.79 Å². The Bertz CT molecular complexity index is 1570. The van der Waals surface area contributed by atoms with E-state index in [-0.39, 0.29) is 5.91 Å². The Kier molecular flexibility index (Phi) is 4.73. The number of hydrogen-bond donors (Lipinski definition) is 1. The quantitative estimate of drug-likeness (QED) is 0.321. The summed E-state index contributed by atoms with van der Waals surface area (Å²) < 4.78 is 0. The van der Waals surface area contributed by atoms with Crippen molar-refractivity contribution in [1.82, 2.24) is 0 Å². The van der Waals surface area contributed by atoms with E-state index in [0.29, 0.717) is 0 Å². The summed E-state index contributed by atoms with van der Waals surface area (Å²) in [5.41, 5.74) is 6.52. The third-order valence-electron chi connectivity index (χ3n) is 6.62. The topological polar surface area (TPSA) is 35.6 Å². The van der Waals surface area contributed by atoms with Gasteiger partial charge in [0.1, 0.15) is 0 Å². The van der Waals surface area contributed by atoms with Gasteiger partial charge in [-0.15, -0.1) is 0 Å². The van der Waals surface area contributed by atoms with Crippen LogP contribution in [0.2, 0.25) is 0 Å². The standard InChI is InChI=1S/C30H25N3O/c1-20(34)31-25-17-15-21-9-3-5-11-23(21)29(25)30-24-12-6-4-10-22(24)16-18-28(30)33-19-32(2)26-13-7-8-14-27(26)33/h3-18H,19H2,1-2H3,(H,31,34). The van der Waals surface area contributed by atoms with Gasteiger partial charge >= 0.3 is 0 Å². The van der Waals surface area contributed by atoms with Crippen molar-refractivity contribution >= 4 is 50.2 Å². The van der Waals surface area contributed by atoms with Gasteiger partial charge < -0.3 is 15.1 Å². The van der Waals surface area contributed by atoms with E-state index < -0.39 is 0 Å². The minimum atomic E-state index is -0.0791. The van der Waals surface area contributed by atoms with Crippen LogP contribution in [-0.4, -0.2) is 19.6 Å². The smallest absolute Gasteiger partial charge is 0.221 e. The highest BCUT2D eigenvalue weighted by Crippen LogP contribution is 2.49. The highest BCUT2D eigenvalue weighted by atomic mass is 16.1. The minimum absolute atomic E-state index is 0.0791. The summed E-state index contributed by atoms with van der Waals surface area (Å²) >= 11 is 0. The fourth-order valence-electron chi connectivity index (χ4n) is 5.17. The molecule has 0 radical (unpaired) electrons. The Balaban J connectivity index is 1.73. The van der Waals surface area contributed by atoms with Crippen molar-refractivity contribution < 1.29 is 4.79 Å². The van der Waals surface area contributed by atoms with E-state index in [1.54, 1.807) is 6.92 Å². The number of amides is 1. The summed E-state index contributed by atoms with van der Waals surface area (Å²) in [6, 6.07) is 33.9. The first-order valence-electron chi connectivity index (χ1n) is 11.5. The van der Waals surface area contributed by atoms with E-state index in [2.05, 4.69) is 113 Å². The third-order valence-corrected chi connectivity index (χ3v) is 6.62. The van der Waals surface area contributed by atoms with Crippen molar-refractivity contribution in [3.8, 4) is 11.1 Å². The van der Waals surface area contributed by atoms with Crippen LogP contribution in [0.1, 0.15) is 6.92 Å². The first kappa shape index (κ1) is 20.3. The maximum absolute atomic E-state index is 12.2. The fourth-order valence-corrected chi connectivity index (χ4v) is 5.17. The second kappa shape index (κ2) is 7.92. The summed E-state index contributed by atoms with van der Waals surface area (Å²) in [5, 5.41) is 7.70. The van der Waals surface area contributed by atoms with Crippen LogP contribution in [0.25, 0.3) is 32.7 Å². The number of para-hydroxylation sites is 2. The lowest BCUT2D eigenvalue weighted by atomic mass is 9.90. The maximum Gasteiger partial charge on any atom is 0.221 e. The Morgan fingerprint density at radius 2 is 1.26 bits per heavy atom. The molecule has 1 N–H and O–H groups in total. The highest BCUT2D eigenvalue weighted by molar-refractivity contribution is 6.16. The molecule has 0 saturated carbocycles. The van der Waals surface area contributed by atoms with E-state index in [0.717, 1.165) is 45.3 Å². The molecule has 5 aromatic carbocycles. The average Bonchev–Trinajstić information content (AvgIpc) is 3.19. The summed E-state index contributed by atoms with van der Waals surface area (Å²) in [7, 11) is 2.13. The number of anilines is 4. The Morgan fingerprint density at radius 3 is 1.97 bits per heavy atom. The molecule has 4 heteroatoms. The van der Waals surface area contributed by atoms with Crippen molar-refractivity contribution in [3.05, 3.63) is 97.1 Å². The molecule has 0 fully saturated rings. The Labute approximate surface area is 199 Å². The van der Waals surface area contributed by atoms with Gasteiger partial charge in [0.25, 0.3) is 0 Å². The van der Waals surface area contributed by atoms with Crippen LogP contribution in [0.15, 0.2) is 97.1 Å². The van der Waals surface area contributed by atoms with Crippen molar-refractivity contribution in [2.24, 2.45) is 0 Å². The van der Waals surface area contributed by atoms with E-state index >= 15 is 0 Å². The lowest BCUT2D eigenvalue weighted by Crippen LogP contribution is -2.24. The molecule has 4 nitrogen and oxygen atoms in total. The Morgan fingerprint density at radius 1 is 0.676 bits per heavy atom. The molecule has 1 aliphatic rings. The number of nitrogens with one attached hydrogen (secondary N) is 1. The predicted octanol–water partition coefficient (Wildman–Crippen LogP) is 7.16. The number of carbonyl (C=O) groups is 1. The molecule has 0 aromatic heterocycles. The van der Waals surface area contributed by atoms with Crippen LogP contribution in [0, 0.1) is 0 Å². The zero-order chi connectivity index (χ0) is 23.2. The monoisotopic (exact) mass is 443 g/mol. The number of benzene rings is 5. The molecule has 0 unspecified atom stereocenters. The minimum Gasteiger partial charge on any atom is -0.355 e. The molecule has 1 amide bonds. The maximum atomic E-state index is 12.2. The van der Waals surface area contributed by atoms with Gasteiger partial charge in [0.05, 0.1) is 23.7 Å². The largest absolute Gasteiger partial charge is 0.355 e. The molecule has 0 spiro atoms. The normalized spacial score (nSPS) is 12.9. The summed E-state index contributed by atoms with van der Waals surface area (Å²) in [5.74, 6) is -0.0791. The molecular formula is C30H25N3O. The van der Waals surface area contributed by atoms with Gasteiger partial charge in [-0.2, -0.15) is 0 Å². The van der Waals surface area contributed by atoms with Crippen LogP contribution in [0.3, 0.4) is 0 Å². The molecule has 0 bridgehead atoms. The van der Waals surface area contributed by atoms with Gasteiger partial charge in [-0.1, -0.05) is 72.8 Å².